The molecular formula is C26H32ClN3. The van der Waals surface area contributed by atoms with Gasteiger partial charge >= 0.3 is 0 Å². The quantitative estimate of drug-likeness (QED) is 0.577. The van der Waals surface area contributed by atoms with Crippen LogP contribution in [-0.2, 0) is 6.54 Å². The van der Waals surface area contributed by atoms with Crippen molar-refractivity contribution in [3.8, 4) is 0 Å². The Morgan fingerprint density at radius 1 is 1.20 bits per heavy atom. The van der Waals surface area contributed by atoms with Gasteiger partial charge in [-0.25, -0.2) is 0 Å². The van der Waals surface area contributed by atoms with Gasteiger partial charge in [0.25, 0.3) is 0 Å². The summed E-state index contributed by atoms with van der Waals surface area (Å²) in [5, 5.41) is 4.61. The summed E-state index contributed by atoms with van der Waals surface area (Å²) >= 11 is 6.83. The highest BCUT2D eigenvalue weighted by molar-refractivity contribution is 6.31. The van der Waals surface area contributed by atoms with Gasteiger partial charge in [-0.15, -0.1) is 0 Å². The molecule has 3 N–H and O–H groups in total. The molecule has 1 unspecified atom stereocenters. The fourth-order valence-corrected chi connectivity index (χ4v) is 5.38. The van der Waals surface area contributed by atoms with Crippen LogP contribution in [0.2, 0.25) is 5.02 Å². The molecular weight excluding hydrogens is 390 g/mol. The van der Waals surface area contributed by atoms with Crippen LogP contribution in [0.4, 0.5) is 11.4 Å². The molecule has 30 heavy (non-hydrogen) atoms. The van der Waals surface area contributed by atoms with Gasteiger partial charge in [0.1, 0.15) is 0 Å². The first-order valence-electron chi connectivity index (χ1n) is 10.8. The van der Waals surface area contributed by atoms with E-state index in [0.29, 0.717) is 6.54 Å². The second-order valence-corrected chi connectivity index (χ2v) is 9.81. The fourth-order valence-electron chi connectivity index (χ4n) is 5.04. The van der Waals surface area contributed by atoms with Gasteiger partial charge in [-0.2, -0.15) is 0 Å². The standard InChI is InChI=1S/C26H32ClN3/c1-6-30-23-10-8-18(15-28)12-21(23)29-22-14-26(4,5)13-17(3)24(22)25(30)19-9-7-16(2)11-20(19)27/h7-12,25,29H,3,6,13-15,28H2,1-2,4-5H3. The van der Waals surface area contributed by atoms with Crippen LogP contribution in [0.3, 0.4) is 0 Å². The van der Waals surface area contributed by atoms with Gasteiger partial charge in [0.2, 0.25) is 0 Å². The van der Waals surface area contributed by atoms with Gasteiger partial charge < -0.3 is 16.0 Å². The van der Waals surface area contributed by atoms with Crippen molar-refractivity contribution in [1.82, 2.24) is 0 Å². The van der Waals surface area contributed by atoms with E-state index in [1.807, 2.05) is 0 Å². The zero-order valence-electron chi connectivity index (χ0n) is 18.5. The van der Waals surface area contributed by atoms with Gasteiger partial charge in [-0.1, -0.05) is 50.2 Å². The first-order valence-corrected chi connectivity index (χ1v) is 11.2. The van der Waals surface area contributed by atoms with E-state index in [0.717, 1.165) is 41.2 Å². The Morgan fingerprint density at radius 2 is 1.97 bits per heavy atom. The molecule has 0 saturated carbocycles. The number of hydrogen-bond acceptors (Lipinski definition) is 3. The highest BCUT2D eigenvalue weighted by Gasteiger charge is 2.39. The van der Waals surface area contributed by atoms with E-state index in [9.17, 15) is 0 Å². The van der Waals surface area contributed by atoms with Crippen LogP contribution >= 0.6 is 11.6 Å². The zero-order chi connectivity index (χ0) is 21.6. The van der Waals surface area contributed by atoms with Crippen LogP contribution in [-0.4, -0.2) is 6.54 Å². The number of nitrogens with zero attached hydrogens (tertiary/aromatic N) is 1. The molecule has 3 nitrogen and oxygen atoms in total. The second kappa shape index (κ2) is 7.79. The zero-order valence-corrected chi connectivity index (χ0v) is 19.2. The number of allylic oxidation sites excluding steroid dienone is 1. The van der Waals surface area contributed by atoms with Crippen molar-refractivity contribution in [1.29, 1.82) is 0 Å². The maximum atomic E-state index is 6.83. The first-order chi connectivity index (χ1) is 14.2. The molecule has 0 radical (unpaired) electrons. The van der Waals surface area contributed by atoms with E-state index in [1.54, 1.807) is 0 Å². The summed E-state index contributed by atoms with van der Waals surface area (Å²) in [6.07, 6.45) is 1.96. The van der Waals surface area contributed by atoms with Crippen molar-refractivity contribution in [2.75, 3.05) is 16.8 Å². The summed E-state index contributed by atoms with van der Waals surface area (Å²) in [7, 11) is 0. The predicted molar refractivity (Wildman–Crippen MR) is 129 cm³/mol. The minimum atomic E-state index is 0.0270. The number of halogens is 1. The maximum absolute atomic E-state index is 6.83. The van der Waals surface area contributed by atoms with E-state index >= 15 is 0 Å². The molecule has 0 saturated heterocycles. The molecule has 0 spiro atoms. The molecule has 4 heteroatoms. The first kappa shape index (κ1) is 21.0. The monoisotopic (exact) mass is 421 g/mol. The summed E-state index contributed by atoms with van der Waals surface area (Å²) in [6.45, 7) is 14.8. The molecule has 1 aliphatic carbocycles. The summed E-state index contributed by atoms with van der Waals surface area (Å²) < 4.78 is 0. The molecule has 1 aliphatic heterocycles. The lowest BCUT2D eigenvalue weighted by Gasteiger charge is -2.40. The van der Waals surface area contributed by atoms with Crippen molar-refractivity contribution in [3.63, 3.8) is 0 Å². The number of rotatable bonds is 3. The molecule has 2 aromatic carbocycles. The van der Waals surface area contributed by atoms with Crippen molar-refractivity contribution >= 4 is 23.0 Å². The molecule has 2 aliphatic rings. The third-order valence-electron chi connectivity index (χ3n) is 6.32. The Bertz CT molecular complexity index is 1030. The number of nitrogens with one attached hydrogen (secondary N) is 1. The van der Waals surface area contributed by atoms with Crippen LogP contribution in [0.5, 0.6) is 0 Å². The highest BCUT2D eigenvalue weighted by Crippen LogP contribution is 2.52. The third kappa shape index (κ3) is 3.66. The Morgan fingerprint density at radius 3 is 2.63 bits per heavy atom. The average Bonchev–Trinajstić information content (AvgIpc) is 2.80. The second-order valence-electron chi connectivity index (χ2n) is 9.41. The van der Waals surface area contributed by atoms with E-state index in [-0.39, 0.29) is 11.5 Å². The summed E-state index contributed by atoms with van der Waals surface area (Å²) in [5.41, 5.74) is 15.6. The summed E-state index contributed by atoms with van der Waals surface area (Å²) in [6, 6.07) is 12.9. The Balaban J connectivity index is 1.99. The van der Waals surface area contributed by atoms with Crippen LogP contribution in [0.25, 0.3) is 0 Å². The van der Waals surface area contributed by atoms with Gasteiger partial charge in [0, 0.05) is 29.4 Å². The predicted octanol–water partition coefficient (Wildman–Crippen LogP) is 6.73. The van der Waals surface area contributed by atoms with E-state index < -0.39 is 0 Å². The lowest BCUT2D eigenvalue weighted by atomic mass is 9.72. The normalized spacial score (nSPS) is 20.4. The van der Waals surface area contributed by atoms with Crippen LogP contribution in [0.15, 0.2) is 59.8 Å². The molecule has 0 amide bonds. The minimum Gasteiger partial charge on any atom is -0.359 e. The van der Waals surface area contributed by atoms with Crippen LogP contribution in [0.1, 0.15) is 56.3 Å². The SMILES string of the molecule is C=C1CC(C)(C)CC2=C1C(c1ccc(C)cc1Cl)N(CC)c1ccc(CN)cc1N2. The third-order valence-corrected chi connectivity index (χ3v) is 6.65. The van der Waals surface area contributed by atoms with Crippen LogP contribution in [0, 0.1) is 12.3 Å². The van der Waals surface area contributed by atoms with Crippen molar-refractivity contribution in [2.45, 2.75) is 53.1 Å². The Hall–Kier alpha value is -2.23. The van der Waals surface area contributed by atoms with Gasteiger partial charge in [0.05, 0.1) is 17.4 Å². The summed E-state index contributed by atoms with van der Waals surface area (Å²) in [4.78, 5) is 2.45. The largest absolute Gasteiger partial charge is 0.359 e. The number of benzene rings is 2. The topological polar surface area (TPSA) is 41.3 Å². The smallest absolute Gasteiger partial charge is 0.0830 e. The van der Waals surface area contributed by atoms with Crippen molar-refractivity contribution in [2.24, 2.45) is 11.1 Å². The lowest BCUT2D eigenvalue weighted by molar-refractivity contribution is 0.345. The van der Waals surface area contributed by atoms with Gasteiger partial charge in [-0.05, 0) is 72.6 Å². The fraction of sp³-hybridized carbons (Fsp3) is 0.385. The Kier molecular flexibility index (Phi) is 5.46. The number of likely N-dealkylation sites (N-methyl/N-ethyl adjacent to an activating group) is 1. The van der Waals surface area contributed by atoms with Crippen LogP contribution < -0.4 is 16.0 Å². The number of nitrogens with two attached hydrogens (primary N) is 1. The number of aryl methyl sites for hydroxylation is 1. The number of anilines is 2. The molecule has 1 atom stereocenters. The Labute approximate surface area is 185 Å². The molecule has 2 aromatic rings. The molecule has 4 rings (SSSR count). The molecule has 0 fully saturated rings. The number of fused-ring (bicyclic) bond motifs is 1. The van der Waals surface area contributed by atoms with Gasteiger partial charge in [-0.3, -0.25) is 0 Å². The number of hydrogen-bond donors (Lipinski definition) is 2. The highest BCUT2D eigenvalue weighted by atomic mass is 35.5. The molecule has 1 heterocycles. The molecule has 158 valence electrons. The molecule has 0 aromatic heterocycles. The molecule has 0 bridgehead atoms. The lowest BCUT2D eigenvalue weighted by Crippen LogP contribution is -2.33. The maximum Gasteiger partial charge on any atom is 0.0830 e. The minimum absolute atomic E-state index is 0.0270. The van der Waals surface area contributed by atoms with Crippen molar-refractivity contribution in [3.05, 3.63) is 81.5 Å². The summed E-state index contributed by atoms with van der Waals surface area (Å²) in [5.74, 6) is 0. The van der Waals surface area contributed by atoms with E-state index in [2.05, 4.69) is 80.9 Å². The van der Waals surface area contributed by atoms with E-state index in [4.69, 9.17) is 17.3 Å². The van der Waals surface area contributed by atoms with Gasteiger partial charge in [0.15, 0.2) is 0 Å². The van der Waals surface area contributed by atoms with E-state index in [1.165, 1.54) is 28.1 Å². The van der Waals surface area contributed by atoms with Crippen molar-refractivity contribution < 1.29 is 0 Å². The average molecular weight is 422 g/mol.